The number of hydrogen-bond donors (Lipinski definition) is 2. The van der Waals surface area contributed by atoms with Crippen molar-refractivity contribution < 1.29 is 14.3 Å². The van der Waals surface area contributed by atoms with Crippen LogP contribution in [0.25, 0.3) is 0 Å². The number of halogens is 1. The van der Waals surface area contributed by atoms with E-state index in [1.165, 1.54) is 0 Å². The van der Waals surface area contributed by atoms with Gasteiger partial charge in [0.1, 0.15) is 0 Å². The molecule has 0 unspecified atom stereocenters. The molecule has 0 bridgehead atoms. The molecule has 0 aliphatic heterocycles. The van der Waals surface area contributed by atoms with Crippen LogP contribution in [0.5, 0.6) is 0 Å². The van der Waals surface area contributed by atoms with Gasteiger partial charge in [0, 0.05) is 13.0 Å². The summed E-state index contributed by atoms with van der Waals surface area (Å²) >= 11 is 0. The molecule has 0 aromatic heterocycles. The van der Waals surface area contributed by atoms with E-state index in [0.29, 0.717) is 0 Å². The topological polar surface area (TPSA) is 63.3 Å². The fourth-order valence-corrected chi connectivity index (χ4v) is 0.272. The molecule has 0 saturated heterocycles. The van der Waals surface area contributed by atoms with Crippen LogP contribution in [0.4, 0.5) is 4.39 Å². The van der Waals surface area contributed by atoms with Crippen LogP contribution in [-0.4, -0.2) is 23.3 Å². The summed E-state index contributed by atoms with van der Waals surface area (Å²) in [5, 5.41) is 8.15. The fraction of sp³-hybridized carbons (Fsp3) is 0.600. The Morgan fingerprint density at radius 1 is 2.00 bits per heavy atom. The van der Waals surface area contributed by atoms with Crippen LogP contribution in [0.15, 0.2) is 0 Å². The van der Waals surface area contributed by atoms with Crippen molar-refractivity contribution in [1.82, 2.24) is 0 Å². The first-order chi connectivity index (χ1) is 4.00. The zero-order valence-electron chi connectivity index (χ0n) is 5.10. The molecule has 53 valence electrons. The van der Waals surface area contributed by atoms with Gasteiger partial charge in [-0.3, -0.25) is 4.79 Å². The van der Waals surface area contributed by atoms with Gasteiger partial charge in [0.15, 0.2) is 5.67 Å². The zero-order valence-corrected chi connectivity index (χ0v) is 5.10. The first-order valence-electron chi connectivity index (χ1n) is 2.44. The highest BCUT2D eigenvalue weighted by atomic mass is 19.1. The van der Waals surface area contributed by atoms with Gasteiger partial charge in [0.2, 0.25) is 0 Å². The molecule has 1 atom stereocenters. The second kappa shape index (κ2) is 2.77. The molecule has 4 heteroatoms. The van der Waals surface area contributed by atoms with Gasteiger partial charge < -0.3 is 10.8 Å². The lowest BCUT2D eigenvalue weighted by Gasteiger charge is -2.12. The molecule has 3 nitrogen and oxygen atoms in total. The van der Waals surface area contributed by atoms with Crippen molar-refractivity contribution >= 4 is 5.91 Å². The van der Waals surface area contributed by atoms with Crippen molar-refractivity contribution in [2.24, 2.45) is 5.73 Å². The van der Waals surface area contributed by atoms with Crippen LogP contribution in [-0.2, 0) is 4.79 Å². The predicted molar refractivity (Wildman–Crippen MR) is 30.1 cm³/mol. The van der Waals surface area contributed by atoms with E-state index < -0.39 is 18.2 Å². The molecule has 0 heterocycles. The van der Waals surface area contributed by atoms with Crippen LogP contribution < -0.4 is 5.73 Å². The van der Waals surface area contributed by atoms with Gasteiger partial charge in [0.05, 0.1) is 0 Å². The van der Waals surface area contributed by atoms with Crippen molar-refractivity contribution in [3.8, 4) is 0 Å². The van der Waals surface area contributed by atoms with E-state index in [1.807, 2.05) is 0 Å². The number of primary amides is 1. The SMILES string of the molecule is C[C@](F)([CH]CO)C(N)=O. The summed E-state index contributed by atoms with van der Waals surface area (Å²) in [5.41, 5.74) is 2.41. The summed E-state index contributed by atoms with van der Waals surface area (Å²) in [4.78, 5) is 10.1. The maximum absolute atomic E-state index is 12.5. The number of aliphatic hydroxyl groups excluding tert-OH is 1. The Kier molecular flexibility index (Phi) is 2.58. The van der Waals surface area contributed by atoms with Gasteiger partial charge in [-0.1, -0.05) is 0 Å². The van der Waals surface area contributed by atoms with Crippen LogP contribution in [0, 0.1) is 6.42 Å². The predicted octanol–water partition coefficient (Wildman–Crippen LogP) is -0.604. The molecule has 0 spiro atoms. The lowest BCUT2D eigenvalue weighted by molar-refractivity contribution is -0.126. The highest BCUT2D eigenvalue weighted by molar-refractivity contribution is 5.84. The lowest BCUT2D eigenvalue weighted by Crippen LogP contribution is -2.37. The van der Waals surface area contributed by atoms with E-state index in [9.17, 15) is 9.18 Å². The monoisotopic (exact) mass is 134 g/mol. The average molecular weight is 134 g/mol. The normalized spacial score (nSPS) is 16.8. The first kappa shape index (κ1) is 8.36. The Morgan fingerprint density at radius 2 is 2.44 bits per heavy atom. The second-order valence-electron chi connectivity index (χ2n) is 1.83. The van der Waals surface area contributed by atoms with Gasteiger partial charge >= 0.3 is 0 Å². The Hall–Kier alpha value is -0.640. The van der Waals surface area contributed by atoms with E-state index in [4.69, 9.17) is 5.11 Å². The first-order valence-corrected chi connectivity index (χ1v) is 2.44. The van der Waals surface area contributed by atoms with Crippen LogP contribution in [0.1, 0.15) is 6.92 Å². The van der Waals surface area contributed by atoms with Crippen molar-refractivity contribution in [2.75, 3.05) is 6.61 Å². The third kappa shape index (κ3) is 2.41. The molecular weight excluding hydrogens is 125 g/mol. The quantitative estimate of drug-likeness (QED) is 0.541. The molecule has 1 radical (unpaired) electrons. The van der Waals surface area contributed by atoms with Gasteiger partial charge in [-0.05, 0) is 6.92 Å². The zero-order chi connectivity index (χ0) is 7.49. The summed E-state index contributed by atoms with van der Waals surface area (Å²) in [5.74, 6) is -1.09. The summed E-state index contributed by atoms with van der Waals surface area (Å²) in [6, 6.07) is 0. The highest BCUT2D eigenvalue weighted by Gasteiger charge is 2.29. The molecule has 0 saturated carbocycles. The number of nitrogens with two attached hydrogens (primary N) is 1. The highest BCUT2D eigenvalue weighted by Crippen LogP contribution is 2.11. The largest absolute Gasteiger partial charge is 0.396 e. The number of amides is 1. The number of alkyl halides is 1. The van der Waals surface area contributed by atoms with Gasteiger partial charge in [-0.15, -0.1) is 0 Å². The molecule has 0 aromatic rings. The van der Waals surface area contributed by atoms with Crippen molar-refractivity contribution in [1.29, 1.82) is 0 Å². The molecule has 1 amide bonds. The minimum Gasteiger partial charge on any atom is -0.396 e. The minimum atomic E-state index is -2.19. The van der Waals surface area contributed by atoms with Gasteiger partial charge in [0.25, 0.3) is 5.91 Å². The lowest BCUT2D eigenvalue weighted by atomic mass is 10.1. The van der Waals surface area contributed by atoms with Crippen molar-refractivity contribution in [3.63, 3.8) is 0 Å². The molecule has 0 rings (SSSR count). The molecule has 0 aromatic carbocycles. The molecule has 0 fully saturated rings. The van der Waals surface area contributed by atoms with E-state index in [2.05, 4.69) is 5.73 Å². The number of carbonyl (C=O) groups excluding carboxylic acids is 1. The smallest absolute Gasteiger partial charge is 0.255 e. The van der Waals surface area contributed by atoms with E-state index in [1.54, 1.807) is 0 Å². The maximum atomic E-state index is 12.5. The summed E-state index contributed by atoms with van der Waals surface area (Å²) in [6.45, 7) is 0.501. The van der Waals surface area contributed by atoms with Gasteiger partial charge in [-0.2, -0.15) is 0 Å². The summed E-state index contributed by atoms with van der Waals surface area (Å²) in [7, 11) is 0. The number of carbonyl (C=O) groups is 1. The third-order valence-electron chi connectivity index (χ3n) is 0.956. The maximum Gasteiger partial charge on any atom is 0.255 e. The van der Waals surface area contributed by atoms with Gasteiger partial charge in [-0.25, -0.2) is 4.39 Å². The number of aliphatic hydroxyl groups is 1. The van der Waals surface area contributed by atoms with E-state index in [-0.39, 0.29) is 0 Å². The van der Waals surface area contributed by atoms with Crippen LogP contribution in [0.3, 0.4) is 0 Å². The van der Waals surface area contributed by atoms with Crippen LogP contribution in [0.2, 0.25) is 0 Å². The Labute approximate surface area is 52.7 Å². The standard InChI is InChI=1S/C5H9FNO2/c1-5(6,2-3-8)4(7)9/h2,8H,3H2,1H3,(H2,7,9)/t5-/m0/s1. The summed E-state index contributed by atoms with van der Waals surface area (Å²) in [6.07, 6.45) is 0.801. The summed E-state index contributed by atoms with van der Waals surface area (Å²) < 4.78 is 12.5. The molecule has 3 N–H and O–H groups in total. The molecular formula is C5H9FNO2. The molecule has 0 aliphatic carbocycles. The third-order valence-corrected chi connectivity index (χ3v) is 0.956. The Bertz CT molecular complexity index is 114. The Morgan fingerprint density at radius 3 is 2.56 bits per heavy atom. The minimum absolute atomic E-state index is 0.490. The van der Waals surface area contributed by atoms with Crippen molar-refractivity contribution in [3.05, 3.63) is 6.42 Å². The van der Waals surface area contributed by atoms with E-state index in [0.717, 1.165) is 13.3 Å². The average Bonchev–Trinajstić information content (AvgIpc) is 1.65. The number of hydrogen-bond acceptors (Lipinski definition) is 2. The van der Waals surface area contributed by atoms with E-state index >= 15 is 0 Å². The molecule has 0 aliphatic rings. The second-order valence-corrected chi connectivity index (χ2v) is 1.83. The fourth-order valence-electron chi connectivity index (χ4n) is 0.272. The Balaban J connectivity index is 3.85. The molecule has 9 heavy (non-hydrogen) atoms. The number of rotatable bonds is 3. The van der Waals surface area contributed by atoms with Crippen molar-refractivity contribution in [2.45, 2.75) is 12.6 Å². The van der Waals surface area contributed by atoms with Crippen LogP contribution >= 0.6 is 0 Å².